The highest BCUT2D eigenvalue weighted by molar-refractivity contribution is 5.90. The Balaban J connectivity index is 1.35. The van der Waals surface area contributed by atoms with E-state index in [1.807, 2.05) is 11.9 Å². The van der Waals surface area contributed by atoms with Crippen molar-refractivity contribution < 1.29 is 18.0 Å². The average molecular weight is 425 g/mol. The van der Waals surface area contributed by atoms with Gasteiger partial charge in [-0.25, -0.2) is 4.79 Å². The van der Waals surface area contributed by atoms with Crippen molar-refractivity contribution in [1.29, 1.82) is 0 Å². The Bertz CT molecular complexity index is 761. The molecule has 30 heavy (non-hydrogen) atoms. The number of halogens is 3. The molecule has 8 heteroatoms. The summed E-state index contributed by atoms with van der Waals surface area (Å²) in [7, 11) is 2.00. The van der Waals surface area contributed by atoms with Gasteiger partial charge in [0.2, 0.25) is 0 Å². The summed E-state index contributed by atoms with van der Waals surface area (Å²) < 4.78 is 41.0. The van der Waals surface area contributed by atoms with Crippen LogP contribution in [-0.2, 0) is 6.18 Å². The summed E-state index contributed by atoms with van der Waals surface area (Å²) in [6, 6.07) is 3.60. The predicted octanol–water partition coefficient (Wildman–Crippen LogP) is 4.41. The monoisotopic (exact) mass is 424 g/mol. The predicted molar refractivity (Wildman–Crippen MR) is 112 cm³/mol. The number of urea groups is 1. The Labute approximate surface area is 176 Å². The molecule has 0 unspecified atom stereocenters. The van der Waals surface area contributed by atoms with Crippen LogP contribution in [0.1, 0.15) is 37.7 Å². The summed E-state index contributed by atoms with van der Waals surface area (Å²) in [5.74, 6) is 2.28. The molecule has 5 nitrogen and oxygen atoms in total. The summed E-state index contributed by atoms with van der Waals surface area (Å²) in [5.41, 5.74) is -0.461. The highest BCUT2D eigenvalue weighted by Crippen LogP contribution is 2.49. The van der Waals surface area contributed by atoms with E-state index in [0.717, 1.165) is 37.4 Å². The van der Waals surface area contributed by atoms with Gasteiger partial charge >= 0.3 is 12.2 Å². The zero-order valence-electron chi connectivity index (χ0n) is 17.5. The van der Waals surface area contributed by atoms with E-state index >= 15 is 0 Å². The normalized spacial score (nSPS) is 26.8. The first-order valence-electron chi connectivity index (χ1n) is 11.0. The molecule has 1 aromatic carbocycles. The first kappa shape index (κ1) is 21.3. The molecular formula is C22H31F3N4O. The molecule has 1 saturated heterocycles. The lowest BCUT2D eigenvalue weighted by Crippen LogP contribution is -2.44. The van der Waals surface area contributed by atoms with Gasteiger partial charge in [0.15, 0.2) is 0 Å². The third-order valence-electron chi connectivity index (χ3n) is 7.11. The van der Waals surface area contributed by atoms with Crippen molar-refractivity contribution in [2.24, 2.45) is 17.8 Å². The number of carbonyl (C=O) groups excluding carboxylic acids is 1. The molecule has 2 amide bonds. The van der Waals surface area contributed by atoms with E-state index in [-0.39, 0.29) is 5.69 Å². The van der Waals surface area contributed by atoms with E-state index in [1.165, 1.54) is 31.7 Å². The summed E-state index contributed by atoms with van der Waals surface area (Å²) in [6.45, 7) is 3.49. The summed E-state index contributed by atoms with van der Waals surface area (Å²) >= 11 is 0. The van der Waals surface area contributed by atoms with Crippen LogP contribution in [-0.4, -0.2) is 50.7 Å². The number of amides is 2. The van der Waals surface area contributed by atoms with Crippen molar-refractivity contribution in [2.75, 3.05) is 50.0 Å². The topological polar surface area (TPSA) is 47.6 Å². The minimum Gasteiger partial charge on any atom is -0.369 e. The van der Waals surface area contributed by atoms with Crippen molar-refractivity contribution in [3.8, 4) is 0 Å². The maximum absolute atomic E-state index is 13.7. The van der Waals surface area contributed by atoms with E-state index in [4.69, 9.17) is 0 Å². The quantitative estimate of drug-likeness (QED) is 0.736. The molecule has 4 rings (SSSR count). The lowest BCUT2D eigenvalue weighted by molar-refractivity contribution is -0.136. The first-order valence-corrected chi connectivity index (χ1v) is 11.0. The second-order valence-corrected chi connectivity index (χ2v) is 9.12. The Morgan fingerprint density at radius 1 is 1.13 bits per heavy atom. The smallest absolute Gasteiger partial charge is 0.369 e. The molecule has 3 atom stereocenters. The second-order valence-electron chi connectivity index (χ2n) is 9.12. The molecule has 0 spiro atoms. The first-order chi connectivity index (χ1) is 14.3. The molecule has 2 aliphatic carbocycles. The number of nitrogens with one attached hydrogen (secondary N) is 2. The van der Waals surface area contributed by atoms with Crippen molar-refractivity contribution in [3.05, 3.63) is 23.8 Å². The van der Waals surface area contributed by atoms with Crippen molar-refractivity contribution in [3.63, 3.8) is 0 Å². The van der Waals surface area contributed by atoms with Gasteiger partial charge in [-0.05, 0) is 68.7 Å². The van der Waals surface area contributed by atoms with Gasteiger partial charge in [0.25, 0.3) is 0 Å². The summed E-state index contributed by atoms with van der Waals surface area (Å²) in [5, 5.41) is 5.16. The summed E-state index contributed by atoms with van der Waals surface area (Å²) in [4.78, 5) is 16.3. The second kappa shape index (κ2) is 8.65. The molecule has 166 valence electrons. The number of likely N-dealkylation sites (N-methyl/N-ethyl adjacent to an activating group) is 1. The number of rotatable bonds is 5. The molecule has 3 fully saturated rings. The van der Waals surface area contributed by atoms with Crippen LogP contribution in [0, 0.1) is 17.8 Å². The average Bonchev–Trinajstić information content (AvgIpc) is 3.31. The van der Waals surface area contributed by atoms with Crippen molar-refractivity contribution in [1.82, 2.24) is 10.2 Å². The van der Waals surface area contributed by atoms with Crippen LogP contribution in [0.15, 0.2) is 18.2 Å². The zero-order chi connectivity index (χ0) is 21.3. The van der Waals surface area contributed by atoms with Crippen LogP contribution >= 0.6 is 0 Å². The van der Waals surface area contributed by atoms with Crippen LogP contribution < -0.4 is 15.5 Å². The highest BCUT2D eigenvalue weighted by Gasteiger charge is 2.39. The fraction of sp³-hybridized carbons (Fsp3) is 0.682. The van der Waals surface area contributed by atoms with Gasteiger partial charge in [0.05, 0.1) is 11.3 Å². The van der Waals surface area contributed by atoms with Gasteiger partial charge in [0.1, 0.15) is 0 Å². The molecule has 1 aliphatic heterocycles. The van der Waals surface area contributed by atoms with Crippen LogP contribution in [0.4, 0.5) is 29.3 Å². The van der Waals surface area contributed by atoms with Crippen molar-refractivity contribution in [2.45, 2.75) is 38.3 Å². The number of hydrogen-bond acceptors (Lipinski definition) is 3. The maximum Gasteiger partial charge on any atom is 0.418 e. The molecule has 1 aromatic rings. The minimum absolute atomic E-state index is 0.196. The fourth-order valence-electron chi connectivity index (χ4n) is 5.40. The number of benzene rings is 1. The van der Waals surface area contributed by atoms with E-state index < -0.39 is 17.8 Å². The molecular weight excluding hydrogens is 393 g/mol. The van der Waals surface area contributed by atoms with E-state index in [2.05, 4.69) is 15.5 Å². The molecule has 2 bridgehead atoms. The molecule has 1 heterocycles. The van der Waals surface area contributed by atoms with Crippen LogP contribution in [0.25, 0.3) is 0 Å². The number of piperazine rings is 1. The van der Waals surface area contributed by atoms with Crippen LogP contribution in [0.5, 0.6) is 0 Å². The van der Waals surface area contributed by atoms with E-state index in [9.17, 15) is 18.0 Å². The fourth-order valence-corrected chi connectivity index (χ4v) is 5.40. The summed E-state index contributed by atoms with van der Waals surface area (Å²) in [6.07, 6.45) is 1.54. The molecule has 2 saturated carbocycles. The van der Waals surface area contributed by atoms with E-state index in [1.54, 1.807) is 6.07 Å². The van der Waals surface area contributed by atoms with E-state index in [0.29, 0.717) is 31.2 Å². The zero-order valence-corrected chi connectivity index (χ0v) is 17.5. The molecule has 0 radical (unpaired) electrons. The Morgan fingerprint density at radius 3 is 2.53 bits per heavy atom. The molecule has 3 aliphatic rings. The van der Waals surface area contributed by atoms with Gasteiger partial charge < -0.3 is 20.4 Å². The highest BCUT2D eigenvalue weighted by atomic mass is 19.4. The minimum atomic E-state index is -4.53. The standard InChI is InChI=1S/C22H31F3N4O/c1-28-8-10-29(11-9-28)18-4-5-20(19(14-18)22(23,24)25)27-21(30)26-7-6-17-13-15-2-3-16(17)12-15/h4-5,14-17H,2-3,6-13H2,1H3,(H2,26,27,30)/t15-,16-,17-/m0/s1. The number of anilines is 2. The number of alkyl halides is 3. The number of hydrogen-bond donors (Lipinski definition) is 2. The van der Waals surface area contributed by atoms with Gasteiger partial charge in [0, 0.05) is 38.4 Å². The third kappa shape index (κ3) is 4.85. The number of fused-ring (bicyclic) bond motifs is 2. The largest absolute Gasteiger partial charge is 0.418 e. The molecule has 0 aromatic heterocycles. The SMILES string of the molecule is CN1CCN(c2ccc(NC(=O)NCC[C@H]3C[C@H]4CC[C@H]3C4)c(C(F)(F)F)c2)CC1. The van der Waals surface area contributed by atoms with Crippen LogP contribution in [0.3, 0.4) is 0 Å². The van der Waals surface area contributed by atoms with Crippen molar-refractivity contribution >= 4 is 17.4 Å². The number of nitrogens with zero attached hydrogens (tertiary/aromatic N) is 2. The third-order valence-corrected chi connectivity index (χ3v) is 7.11. The Morgan fingerprint density at radius 2 is 1.90 bits per heavy atom. The Kier molecular flexibility index (Phi) is 6.14. The van der Waals surface area contributed by atoms with Gasteiger partial charge in [-0.3, -0.25) is 0 Å². The van der Waals surface area contributed by atoms with Gasteiger partial charge in [-0.1, -0.05) is 6.42 Å². The van der Waals surface area contributed by atoms with Gasteiger partial charge in [-0.2, -0.15) is 13.2 Å². The lowest BCUT2D eigenvalue weighted by Gasteiger charge is -2.34. The maximum atomic E-state index is 13.7. The van der Waals surface area contributed by atoms with Crippen LogP contribution in [0.2, 0.25) is 0 Å². The lowest BCUT2D eigenvalue weighted by atomic mass is 9.86. The van der Waals surface area contributed by atoms with Gasteiger partial charge in [-0.15, -0.1) is 0 Å². The number of carbonyl (C=O) groups is 1. The Hall–Kier alpha value is -1.96. The molecule has 2 N–H and O–H groups in total.